The van der Waals surface area contributed by atoms with E-state index in [0.717, 1.165) is 0 Å². The highest BCUT2D eigenvalue weighted by atomic mass is 16.7. The molecule has 0 radical (unpaired) electrons. The molecular formula is C13H25NO6. The van der Waals surface area contributed by atoms with Crippen molar-refractivity contribution in [2.24, 2.45) is 0 Å². The number of aliphatic hydroxyl groups is 2. The van der Waals surface area contributed by atoms with Gasteiger partial charge in [-0.2, -0.15) is 0 Å². The first-order valence-electron chi connectivity index (χ1n) is 6.50. The molecule has 0 aromatic rings. The molecule has 2 N–H and O–H groups in total. The lowest BCUT2D eigenvalue weighted by molar-refractivity contribution is -0.270. The van der Waals surface area contributed by atoms with Gasteiger partial charge in [-0.15, -0.1) is 0 Å². The molecular weight excluding hydrogens is 266 g/mol. The van der Waals surface area contributed by atoms with E-state index in [0.29, 0.717) is 0 Å². The molecule has 4 atom stereocenters. The van der Waals surface area contributed by atoms with Crippen LogP contribution in [0.2, 0.25) is 0 Å². The first kappa shape index (κ1) is 17.2. The largest absolute Gasteiger partial charge is 0.444 e. The summed E-state index contributed by atoms with van der Waals surface area (Å²) >= 11 is 0. The maximum absolute atomic E-state index is 12.1. The minimum absolute atomic E-state index is 0.0552. The van der Waals surface area contributed by atoms with E-state index in [2.05, 4.69) is 0 Å². The van der Waals surface area contributed by atoms with Crippen LogP contribution in [0, 0.1) is 0 Å². The predicted molar refractivity (Wildman–Crippen MR) is 71.2 cm³/mol. The van der Waals surface area contributed by atoms with Gasteiger partial charge in [0.25, 0.3) is 0 Å². The summed E-state index contributed by atoms with van der Waals surface area (Å²) in [6.07, 6.45) is -2.70. The Hall–Kier alpha value is -0.890. The second-order valence-corrected chi connectivity index (χ2v) is 6.30. The van der Waals surface area contributed by atoms with Crippen LogP contribution in [0.4, 0.5) is 4.79 Å². The molecule has 1 aliphatic heterocycles. The molecule has 0 aliphatic carbocycles. The van der Waals surface area contributed by atoms with E-state index >= 15 is 0 Å². The Morgan fingerprint density at radius 2 is 2.00 bits per heavy atom. The van der Waals surface area contributed by atoms with Gasteiger partial charge < -0.3 is 29.3 Å². The number of carbonyl (C=O) groups is 1. The summed E-state index contributed by atoms with van der Waals surface area (Å²) in [5, 5.41) is 20.6. The Morgan fingerprint density at radius 3 is 2.45 bits per heavy atom. The molecule has 1 amide bonds. The van der Waals surface area contributed by atoms with Gasteiger partial charge >= 0.3 is 6.09 Å². The Bertz CT molecular complexity index is 351. The van der Waals surface area contributed by atoms with Crippen molar-refractivity contribution in [1.29, 1.82) is 0 Å². The Kier molecular flexibility index (Phi) is 5.02. The van der Waals surface area contributed by atoms with Crippen molar-refractivity contribution in [1.82, 2.24) is 4.90 Å². The minimum Gasteiger partial charge on any atom is -0.444 e. The van der Waals surface area contributed by atoms with Crippen molar-refractivity contribution >= 4 is 6.09 Å². The molecule has 0 bridgehead atoms. The number of ether oxygens (including phenoxy) is 3. The third kappa shape index (κ3) is 3.82. The quantitative estimate of drug-likeness (QED) is 0.762. The summed E-state index contributed by atoms with van der Waals surface area (Å²) in [7, 11) is 2.85. The fourth-order valence-electron chi connectivity index (χ4n) is 2.25. The molecule has 1 heterocycles. The van der Waals surface area contributed by atoms with Gasteiger partial charge in [0.2, 0.25) is 0 Å². The number of carbonyl (C=O) groups excluding carboxylic acids is 1. The highest BCUT2D eigenvalue weighted by Crippen LogP contribution is 2.29. The molecule has 7 nitrogen and oxygen atoms in total. The first-order valence-corrected chi connectivity index (χ1v) is 6.50. The molecule has 0 aromatic carbocycles. The molecule has 0 saturated carbocycles. The lowest BCUT2D eigenvalue weighted by Crippen LogP contribution is -2.67. The summed E-state index contributed by atoms with van der Waals surface area (Å²) in [6.45, 7) is 6.67. The fraction of sp³-hybridized carbons (Fsp3) is 0.923. The van der Waals surface area contributed by atoms with E-state index < -0.39 is 35.7 Å². The zero-order valence-corrected chi connectivity index (χ0v) is 12.9. The Balaban J connectivity index is 2.91. The van der Waals surface area contributed by atoms with Gasteiger partial charge in [-0.25, -0.2) is 4.79 Å². The van der Waals surface area contributed by atoms with E-state index in [9.17, 15) is 15.0 Å². The van der Waals surface area contributed by atoms with Crippen molar-refractivity contribution in [3.8, 4) is 0 Å². The Morgan fingerprint density at radius 1 is 1.45 bits per heavy atom. The number of nitrogens with zero attached hydrogens (tertiary/aromatic N) is 1. The first-order chi connectivity index (χ1) is 8.99. The van der Waals surface area contributed by atoms with Gasteiger partial charge in [-0.3, -0.25) is 0 Å². The SMILES string of the molecule is CO[C@H]1OC[C@](C)(O)[C@H](N(C)C(=O)OC(C)(C)C)[C@H]1O. The summed E-state index contributed by atoms with van der Waals surface area (Å²) in [5.41, 5.74) is -2.06. The second-order valence-electron chi connectivity index (χ2n) is 6.30. The van der Waals surface area contributed by atoms with Gasteiger partial charge in [0.15, 0.2) is 6.29 Å². The molecule has 0 spiro atoms. The zero-order valence-electron chi connectivity index (χ0n) is 12.9. The molecule has 0 unspecified atom stereocenters. The maximum atomic E-state index is 12.1. The van der Waals surface area contributed by atoms with Crippen LogP contribution in [0.25, 0.3) is 0 Å². The third-order valence-electron chi connectivity index (χ3n) is 3.11. The number of amides is 1. The van der Waals surface area contributed by atoms with Crippen LogP contribution in [0.15, 0.2) is 0 Å². The normalized spacial score (nSPS) is 34.7. The minimum atomic E-state index is -1.40. The van der Waals surface area contributed by atoms with Crippen LogP contribution in [-0.4, -0.2) is 71.6 Å². The maximum Gasteiger partial charge on any atom is 0.410 e. The zero-order chi connectivity index (χ0) is 15.7. The monoisotopic (exact) mass is 291 g/mol. The number of methoxy groups -OCH3 is 1. The van der Waals surface area contributed by atoms with Crippen LogP contribution in [0.5, 0.6) is 0 Å². The van der Waals surface area contributed by atoms with Crippen molar-refractivity contribution < 1.29 is 29.2 Å². The lowest BCUT2D eigenvalue weighted by Gasteiger charge is -2.47. The molecule has 1 rings (SSSR count). The van der Waals surface area contributed by atoms with Gasteiger partial charge in [0.05, 0.1) is 12.6 Å². The number of aliphatic hydroxyl groups excluding tert-OH is 1. The van der Waals surface area contributed by atoms with E-state index in [4.69, 9.17) is 14.2 Å². The van der Waals surface area contributed by atoms with E-state index in [1.165, 1.54) is 26.0 Å². The summed E-state index contributed by atoms with van der Waals surface area (Å²) in [5.74, 6) is 0. The number of likely N-dealkylation sites (N-methyl/N-ethyl adjacent to an activating group) is 1. The highest BCUT2D eigenvalue weighted by Gasteiger charge is 2.50. The third-order valence-corrected chi connectivity index (χ3v) is 3.11. The number of hydrogen-bond donors (Lipinski definition) is 2. The molecule has 118 valence electrons. The van der Waals surface area contributed by atoms with Crippen molar-refractivity contribution in [3.05, 3.63) is 0 Å². The van der Waals surface area contributed by atoms with Crippen LogP contribution >= 0.6 is 0 Å². The molecule has 1 saturated heterocycles. The number of hydrogen-bond acceptors (Lipinski definition) is 6. The van der Waals surface area contributed by atoms with Crippen molar-refractivity contribution in [2.75, 3.05) is 20.8 Å². The highest BCUT2D eigenvalue weighted by molar-refractivity contribution is 5.68. The average molecular weight is 291 g/mol. The molecule has 0 aromatic heterocycles. The lowest BCUT2D eigenvalue weighted by atomic mass is 9.89. The standard InChI is InChI=1S/C13H25NO6/c1-12(2,3)20-11(16)14(5)9-8(15)10(18-6)19-7-13(9,4)17/h8-10,15,17H,7H2,1-6H3/t8-,9-,10+,13+/m1/s1. The number of rotatable bonds is 2. The van der Waals surface area contributed by atoms with Gasteiger partial charge in [-0.05, 0) is 27.7 Å². The van der Waals surface area contributed by atoms with Gasteiger partial charge in [0.1, 0.15) is 17.3 Å². The summed E-state index contributed by atoms with van der Waals surface area (Å²) in [6, 6.07) is -0.893. The molecule has 1 fully saturated rings. The second kappa shape index (κ2) is 5.85. The average Bonchev–Trinajstić information content (AvgIpc) is 2.25. The predicted octanol–water partition coefficient (Wildman–Crippen LogP) is 0.336. The molecule has 20 heavy (non-hydrogen) atoms. The van der Waals surface area contributed by atoms with Crippen LogP contribution < -0.4 is 0 Å². The summed E-state index contributed by atoms with van der Waals surface area (Å²) in [4.78, 5) is 13.3. The summed E-state index contributed by atoms with van der Waals surface area (Å²) < 4.78 is 15.5. The van der Waals surface area contributed by atoms with Gasteiger partial charge in [0, 0.05) is 14.2 Å². The van der Waals surface area contributed by atoms with Crippen LogP contribution in [0.1, 0.15) is 27.7 Å². The van der Waals surface area contributed by atoms with E-state index in [1.54, 1.807) is 20.8 Å². The van der Waals surface area contributed by atoms with E-state index in [-0.39, 0.29) is 6.61 Å². The fourth-order valence-corrected chi connectivity index (χ4v) is 2.25. The van der Waals surface area contributed by atoms with Gasteiger partial charge in [-0.1, -0.05) is 0 Å². The molecule has 1 aliphatic rings. The molecule has 7 heteroatoms. The van der Waals surface area contributed by atoms with Crippen molar-refractivity contribution in [2.45, 2.75) is 57.3 Å². The Labute approximate surface area is 119 Å². The van der Waals surface area contributed by atoms with Crippen LogP contribution in [0.3, 0.4) is 0 Å². The van der Waals surface area contributed by atoms with Crippen LogP contribution in [-0.2, 0) is 14.2 Å². The van der Waals surface area contributed by atoms with Crippen molar-refractivity contribution in [3.63, 3.8) is 0 Å². The smallest absolute Gasteiger partial charge is 0.410 e. The topological polar surface area (TPSA) is 88.5 Å². The van der Waals surface area contributed by atoms with E-state index in [1.807, 2.05) is 0 Å².